The monoisotopic (exact) mass is 1350 g/mol. The number of aryl methyl sites for hydroxylation is 6. The Bertz CT molecular complexity index is 4600. The van der Waals surface area contributed by atoms with E-state index in [0.717, 1.165) is 263 Å². The first-order valence-electron chi connectivity index (χ1n) is 37.6. The van der Waals surface area contributed by atoms with Crippen molar-refractivity contribution in [3.8, 4) is 136 Å². The molecule has 0 N–H and O–H groups in total. The van der Waals surface area contributed by atoms with Crippen LogP contribution in [0.1, 0.15) is 163 Å². The van der Waals surface area contributed by atoms with Gasteiger partial charge in [0.2, 0.25) is 0 Å². The van der Waals surface area contributed by atoms with Crippen molar-refractivity contribution >= 4 is 0 Å². The number of rotatable bonds is 34. The fraction of sp³-hybridized carbons (Fsp3) is 0.298. The van der Waals surface area contributed by atoms with Crippen molar-refractivity contribution in [3.63, 3.8) is 0 Å². The second-order valence-electron chi connectivity index (χ2n) is 27.6. The summed E-state index contributed by atoms with van der Waals surface area (Å²) in [5.74, 6) is 10.5. The van der Waals surface area contributed by atoms with Crippen LogP contribution in [0.2, 0.25) is 0 Å². The molecule has 0 fully saturated rings. The summed E-state index contributed by atoms with van der Waals surface area (Å²) in [4.78, 5) is 0. The van der Waals surface area contributed by atoms with Crippen LogP contribution in [0, 0.1) is 0 Å². The average molecular weight is 1360 g/mol. The van der Waals surface area contributed by atoms with Crippen molar-refractivity contribution in [1.29, 1.82) is 0 Å². The zero-order chi connectivity index (χ0) is 70.3. The van der Waals surface area contributed by atoms with Gasteiger partial charge in [0.1, 0.15) is 69.1 Å². The van der Waals surface area contributed by atoms with Crippen molar-refractivity contribution < 1.29 is 36.0 Å². The first-order chi connectivity index (χ1) is 50.2. The van der Waals surface area contributed by atoms with Gasteiger partial charge >= 0.3 is 0 Å². The number of benzene rings is 7. The predicted molar refractivity (Wildman–Crippen MR) is 418 cm³/mol. The maximum absolute atomic E-state index is 7.14. The van der Waals surface area contributed by atoms with Crippen LogP contribution in [0.15, 0.2) is 233 Å². The molecular weight excluding hydrogens is 1260 g/mol. The van der Waals surface area contributed by atoms with Gasteiger partial charge in [-0.2, -0.15) is 0 Å². The summed E-state index contributed by atoms with van der Waals surface area (Å²) < 4.78 is 52.9. The highest BCUT2D eigenvalue weighted by atomic mass is 16.5. The largest absolute Gasteiger partial charge is 0.456 e. The van der Waals surface area contributed by atoms with Gasteiger partial charge in [-0.05, 0) is 200 Å². The highest BCUT2D eigenvalue weighted by molar-refractivity contribution is 5.81. The summed E-state index contributed by atoms with van der Waals surface area (Å²) in [6.07, 6.45) is 18.3. The molecule has 0 aliphatic carbocycles. The SMILES string of the molecule is CCCCc1cc(-c2cccc(COC)c2)oc1-c1cccc(-c2cc(CCCC)c(-c3cccc(-c4cc(CCCC)c(-c5cccc(-c6oc(-c7cccc(-c8oc(-c9cccc(-c%10oc(-c%11cccc(COC)c%11)cc%10CCCC)c9)cc8CCCC)c7)cc6CCCC)c5)o4)c3)o2)c1. The van der Waals surface area contributed by atoms with Crippen LogP contribution in [-0.2, 0) is 61.2 Å². The van der Waals surface area contributed by atoms with E-state index in [9.17, 15) is 0 Å². The maximum atomic E-state index is 7.14. The molecule has 8 heteroatoms. The standard InChI is InChI=1S/C94H98O8/c1-9-15-30-77-55-83(65-36-21-28-63(48-65)61-95-7)97-89(77)71-42-23-38-67(50-71)85-57-79(32-17-11-3)91(99-85)73-44-25-40-69(52-73)87-59-81(34-19-13-5)93(101-87)75-46-27-47-76(54-75)94-82(35-20-14-6)60-88(102-94)70-41-26-45-74(53-70)92-80(33-18-12-4)58-86(100-92)68-39-24-43-72(51-68)90-78(31-16-10-2)56-84(98-90)66-37-22-29-64(49-66)62-96-8/h21-29,36-60H,9-20,30-35,61-62H2,1-8H3. The summed E-state index contributed by atoms with van der Waals surface area (Å²) in [7, 11) is 3.46. The van der Waals surface area contributed by atoms with Crippen molar-refractivity contribution in [2.24, 2.45) is 0 Å². The van der Waals surface area contributed by atoms with E-state index in [0.29, 0.717) is 13.2 Å². The van der Waals surface area contributed by atoms with Crippen LogP contribution in [-0.4, -0.2) is 14.2 Å². The molecule has 0 amide bonds. The van der Waals surface area contributed by atoms with Crippen LogP contribution in [0.4, 0.5) is 0 Å². The fourth-order valence-electron chi connectivity index (χ4n) is 14.2. The van der Waals surface area contributed by atoms with Crippen LogP contribution >= 0.6 is 0 Å². The van der Waals surface area contributed by atoms with Crippen molar-refractivity contribution in [3.05, 3.63) is 251 Å². The smallest absolute Gasteiger partial charge is 0.138 e. The Labute approximate surface area is 603 Å². The number of unbranched alkanes of at least 4 members (excludes halogenated alkanes) is 6. The predicted octanol–water partition coefficient (Wildman–Crippen LogP) is 27.6. The van der Waals surface area contributed by atoms with E-state index in [4.69, 9.17) is 36.0 Å². The Morgan fingerprint density at radius 2 is 0.392 bits per heavy atom. The van der Waals surface area contributed by atoms with Gasteiger partial charge in [-0.25, -0.2) is 0 Å². The Kier molecular flexibility index (Phi) is 23.3. The Hall–Kier alpha value is -9.86. The molecule has 13 aromatic rings. The zero-order valence-corrected chi connectivity index (χ0v) is 61.0. The van der Waals surface area contributed by atoms with Crippen LogP contribution in [0.5, 0.6) is 0 Å². The van der Waals surface area contributed by atoms with Gasteiger partial charge < -0.3 is 36.0 Å². The molecule has 0 radical (unpaired) electrons. The van der Waals surface area contributed by atoms with Crippen molar-refractivity contribution in [2.75, 3.05) is 14.2 Å². The van der Waals surface area contributed by atoms with Gasteiger partial charge in [-0.1, -0.05) is 207 Å². The normalized spacial score (nSPS) is 11.6. The molecule has 13 rings (SSSR count). The summed E-state index contributed by atoms with van der Waals surface area (Å²) in [6.45, 7) is 14.6. The van der Waals surface area contributed by atoms with Gasteiger partial charge in [0.25, 0.3) is 0 Å². The lowest BCUT2D eigenvalue weighted by molar-refractivity contribution is 0.185. The molecule has 0 unspecified atom stereocenters. The highest BCUT2D eigenvalue weighted by Crippen LogP contribution is 2.45. The number of hydrogen-bond donors (Lipinski definition) is 0. The molecule has 0 saturated carbocycles. The van der Waals surface area contributed by atoms with E-state index in [1.54, 1.807) is 14.2 Å². The van der Waals surface area contributed by atoms with Crippen molar-refractivity contribution in [1.82, 2.24) is 0 Å². The van der Waals surface area contributed by atoms with Crippen LogP contribution in [0.25, 0.3) is 136 Å². The third-order valence-corrected chi connectivity index (χ3v) is 19.7. The zero-order valence-electron chi connectivity index (χ0n) is 61.0. The summed E-state index contributed by atoms with van der Waals surface area (Å²) in [6, 6.07) is 73.9. The summed E-state index contributed by atoms with van der Waals surface area (Å²) in [5, 5.41) is 0. The van der Waals surface area contributed by atoms with Crippen LogP contribution in [0.3, 0.4) is 0 Å². The molecule has 8 nitrogen and oxygen atoms in total. The summed E-state index contributed by atoms with van der Waals surface area (Å²) >= 11 is 0. The number of ether oxygens (including phenoxy) is 2. The molecule has 0 spiro atoms. The Balaban J connectivity index is 0.790. The van der Waals surface area contributed by atoms with E-state index < -0.39 is 0 Å². The Morgan fingerprint density at radius 3 is 0.588 bits per heavy atom. The number of methoxy groups -OCH3 is 2. The van der Waals surface area contributed by atoms with Gasteiger partial charge in [-0.15, -0.1) is 0 Å². The highest BCUT2D eigenvalue weighted by Gasteiger charge is 2.25. The lowest BCUT2D eigenvalue weighted by Crippen LogP contribution is -1.88. The van der Waals surface area contributed by atoms with E-state index in [-0.39, 0.29) is 0 Å². The molecule has 0 aliphatic heterocycles. The molecule has 0 atom stereocenters. The minimum Gasteiger partial charge on any atom is -0.456 e. The second-order valence-corrected chi connectivity index (χ2v) is 27.6. The molecule has 6 heterocycles. The molecule has 102 heavy (non-hydrogen) atoms. The molecule has 522 valence electrons. The maximum Gasteiger partial charge on any atom is 0.138 e. The van der Waals surface area contributed by atoms with E-state index in [2.05, 4.69) is 248 Å². The first-order valence-corrected chi connectivity index (χ1v) is 37.6. The van der Waals surface area contributed by atoms with Crippen molar-refractivity contribution in [2.45, 2.75) is 170 Å². The van der Waals surface area contributed by atoms with Gasteiger partial charge in [0, 0.05) is 81.0 Å². The number of furan rings is 6. The van der Waals surface area contributed by atoms with Gasteiger partial charge in [-0.3, -0.25) is 0 Å². The molecule has 0 aliphatic rings. The lowest BCUT2D eigenvalue weighted by atomic mass is 9.98. The van der Waals surface area contributed by atoms with E-state index in [1.807, 2.05) is 0 Å². The topological polar surface area (TPSA) is 97.3 Å². The molecular formula is C94H98O8. The molecule has 0 bridgehead atoms. The lowest BCUT2D eigenvalue weighted by Gasteiger charge is -2.07. The average Bonchev–Trinajstić information content (AvgIpc) is 1.64. The molecule has 6 aromatic heterocycles. The minimum absolute atomic E-state index is 0.550. The van der Waals surface area contributed by atoms with Gasteiger partial charge in [0.05, 0.1) is 13.2 Å². The fourth-order valence-corrected chi connectivity index (χ4v) is 14.2. The van der Waals surface area contributed by atoms with Crippen LogP contribution < -0.4 is 0 Å². The van der Waals surface area contributed by atoms with Gasteiger partial charge in [0.15, 0.2) is 0 Å². The minimum atomic E-state index is 0.550. The third kappa shape index (κ3) is 16.2. The van der Waals surface area contributed by atoms with E-state index in [1.165, 1.54) is 33.4 Å². The quantitative estimate of drug-likeness (QED) is 0.0393. The van der Waals surface area contributed by atoms with E-state index >= 15 is 0 Å². The second kappa shape index (κ2) is 33.7. The number of hydrogen-bond acceptors (Lipinski definition) is 8. The molecule has 7 aromatic carbocycles. The first kappa shape index (κ1) is 70.6. The molecule has 0 saturated heterocycles. The Morgan fingerprint density at radius 1 is 0.216 bits per heavy atom. The third-order valence-electron chi connectivity index (χ3n) is 19.7. The summed E-state index contributed by atoms with van der Waals surface area (Å²) in [5.41, 5.74) is 21.7.